The molecule has 0 atom stereocenters. The molecule has 2 rings (SSSR count). The van der Waals surface area contributed by atoms with Gasteiger partial charge in [0.1, 0.15) is 16.9 Å². The summed E-state index contributed by atoms with van der Waals surface area (Å²) in [6.07, 6.45) is 20.1. The van der Waals surface area contributed by atoms with Crippen molar-refractivity contribution in [3.8, 4) is 5.88 Å². The van der Waals surface area contributed by atoms with Crippen LogP contribution in [0.15, 0.2) is 11.4 Å². The number of fused-ring (bicyclic) bond motifs is 1. The van der Waals surface area contributed by atoms with E-state index < -0.39 is 5.97 Å². The van der Waals surface area contributed by atoms with Crippen LogP contribution in [-0.2, 0) is 11.8 Å². The molecule has 2 aromatic rings. The van der Waals surface area contributed by atoms with E-state index in [9.17, 15) is 4.79 Å². The van der Waals surface area contributed by atoms with E-state index in [4.69, 9.17) is 9.84 Å². The third-order valence-corrected chi connectivity index (χ3v) is 6.57. The number of thioether (sulfide) groups is 1. The number of hydrogen-bond acceptors (Lipinski definition) is 6. The summed E-state index contributed by atoms with van der Waals surface area (Å²) in [5.41, 5.74) is 1.23. The average molecular weight is 465 g/mol. The second kappa shape index (κ2) is 15.9. The fourth-order valence-electron chi connectivity index (χ4n) is 3.82. The number of rotatable bonds is 19. The first kappa shape index (κ1) is 26.4. The lowest BCUT2D eigenvalue weighted by molar-refractivity contribution is -0.133. The van der Waals surface area contributed by atoms with Gasteiger partial charge in [-0.2, -0.15) is 5.10 Å². The smallest absolute Gasteiger partial charge is 0.313 e. The van der Waals surface area contributed by atoms with E-state index in [1.54, 1.807) is 4.68 Å². The van der Waals surface area contributed by atoms with Crippen LogP contribution < -0.4 is 4.74 Å². The van der Waals surface area contributed by atoms with Gasteiger partial charge in [-0.3, -0.25) is 4.79 Å². The number of hydrogen-bond donors (Lipinski definition) is 1. The highest BCUT2D eigenvalue weighted by Crippen LogP contribution is 2.29. The van der Waals surface area contributed by atoms with Gasteiger partial charge in [0.15, 0.2) is 5.52 Å². The van der Waals surface area contributed by atoms with Gasteiger partial charge in [-0.05, 0) is 6.42 Å². The Morgan fingerprint density at radius 2 is 1.47 bits per heavy atom. The maximum Gasteiger partial charge on any atom is 0.313 e. The second-order valence-electron chi connectivity index (χ2n) is 8.43. The predicted octanol–water partition coefficient (Wildman–Crippen LogP) is 6.40. The van der Waals surface area contributed by atoms with Crippen molar-refractivity contribution < 1.29 is 14.6 Å². The van der Waals surface area contributed by atoms with Crippen molar-refractivity contribution in [2.24, 2.45) is 7.05 Å². The third-order valence-electron chi connectivity index (χ3n) is 5.60. The van der Waals surface area contributed by atoms with Gasteiger partial charge in [0, 0.05) is 7.05 Å². The Morgan fingerprint density at radius 3 is 2.03 bits per heavy atom. The van der Waals surface area contributed by atoms with Crippen LogP contribution in [0.1, 0.15) is 96.8 Å². The second-order valence-corrected chi connectivity index (χ2v) is 9.40. The fourth-order valence-corrected chi connectivity index (χ4v) is 4.48. The van der Waals surface area contributed by atoms with Crippen LogP contribution in [0, 0.1) is 0 Å². The molecule has 7 nitrogen and oxygen atoms in total. The zero-order chi connectivity index (χ0) is 23.0. The van der Waals surface area contributed by atoms with Crippen molar-refractivity contribution in [2.45, 2.75) is 102 Å². The molecule has 0 unspecified atom stereocenters. The number of carboxylic acids is 1. The average Bonchev–Trinajstić information content (AvgIpc) is 3.10. The number of ether oxygens (including phenoxy) is 1. The summed E-state index contributed by atoms with van der Waals surface area (Å²) < 4.78 is 7.62. The maximum atomic E-state index is 10.8. The number of aromatic nitrogens is 4. The molecular weight excluding hydrogens is 424 g/mol. The molecule has 0 saturated heterocycles. The maximum absolute atomic E-state index is 10.8. The molecule has 1 N–H and O–H groups in total. The molecule has 180 valence electrons. The normalized spacial score (nSPS) is 11.3. The highest BCUT2D eigenvalue weighted by molar-refractivity contribution is 8.00. The SMILES string of the molecule is CCCCCCCCCCCCCCCCOc1c2ncnc(SCC(=O)O)c2nn1C. The van der Waals surface area contributed by atoms with Crippen molar-refractivity contribution >= 4 is 28.8 Å². The van der Waals surface area contributed by atoms with Crippen molar-refractivity contribution in [3.05, 3.63) is 6.33 Å². The van der Waals surface area contributed by atoms with Gasteiger partial charge in [-0.15, -0.1) is 0 Å². The molecule has 0 aliphatic heterocycles. The monoisotopic (exact) mass is 464 g/mol. The molecule has 2 heterocycles. The number of aryl methyl sites for hydroxylation is 1. The minimum Gasteiger partial charge on any atom is -0.481 e. The van der Waals surface area contributed by atoms with Crippen molar-refractivity contribution in [2.75, 3.05) is 12.4 Å². The van der Waals surface area contributed by atoms with E-state index in [2.05, 4.69) is 22.0 Å². The summed E-state index contributed by atoms with van der Waals surface area (Å²) in [6, 6.07) is 0. The van der Waals surface area contributed by atoms with Crippen LogP contribution in [0.4, 0.5) is 0 Å². The Kier molecular flexibility index (Phi) is 13.1. The first-order valence-corrected chi connectivity index (χ1v) is 13.3. The van der Waals surface area contributed by atoms with Crippen molar-refractivity contribution in [3.63, 3.8) is 0 Å². The predicted molar refractivity (Wildman–Crippen MR) is 130 cm³/mol. The first-order chi connectivity index (χ1) is 15.6. The van der Waals surface area contributed by atoms with Gasteiger partial charge in [-0.1, -0.05) is 102 Å². The minimum absolute atomic E-state index is 0.0576. The van der Waals surface area contributed by atoms with Crippen molar-refractivity contribution in [1.29, 1.82) is 0 Å². The molecule has 32 heavy (non-hydrogen) atoms. The van der Waals surface area contributed by atoms with E-state index in [0.717, 1.165) is 18.2 Å². The molecular formula is C24H40N4O3S. The summed E-state index contributed by atoms with van der Waals surface area (Å²) in [7, 11) is 1.81. The quantitative estimate of drug-likeness (QED) is 0.146. The van der Waals surface area contributed by atoms with Crippen LogP contribution in [0.5, 0.6) is 5.88 Å². The Labute approximate surface area is 196 Å². The fraction of sp³-hybridized carbons (Fsp3) is 0.750. The minimum atomic E-state index is -0.882. The van der Waals surface area contributed by atoms with Crippen LogP contribution in [0.2, 0.25) is 0 Å². The van der Waals surface area contributed by atoms with Gasteiger partial charge in [0.2, 0.25) is 5.88 Å². The molecule has 0 amide bonds. The number of unbranched alkanes of at least 4 members (excludes halogenated alkanes) is 13. The summed E-state index contributed by atoms with van der Waals surface area (Å²) >= 11 is 1.15. The van der Waals surface area contributed by atoms with Gasteiger partial charge < -0.3 is 9.84 Å². The third kappa shape index (κ3) is 9.76. The summed E-state index contributed by atoms with van der Waals surface area (Å²) in [5.74, 6) is -0.320. The van der Waals surface area contributed by atoms with Crippen LogP contribution >= 0.6 is 11.8 Å². The Bertz CT molecular complexity index is 797. The Hall–Kier alpha value is -1.83. The number of nitrogens with zero attached hydrogens (tertiary/aromatic N) is 4. The van der Waals surface area contributed by atoms with Crippen molar-refractivity contribution in [1.82, 2.24) is 19.7 Å². The highest BCUT2D eigenvalue weighted by Gasteiger charge is 2.17. The Balaban J connectivity index is 1.55. The number of carboxylic acid groups (broad SMARTS) is 1. The summed E-state index contributed by atoms with van der Waals surface area (Å²) in [4.78, 5) is 19.3. The molecule has 0 bridgehead atoms. The molecule has 0 aliphatic carbocycles. The number of aliphatic carboxylic acids is 1. The molecule has 0 aliphatic rings. The molecule has 0 radical (unpaired) electrons. The molecule has 8 heteroatoms. The number of carbonyl (C=O) groups is 1. The highest BCUT2D eigenvalue weighted by atomic mass is 32.2. The molecule has 0 spiro atoms. The first-order valence-electron chi connectivity index (χ1n) is 12.3. The van der Waals surface area contributed by atoms with Gasteiger partial charge in [0.05, 0.1) is 12.4 Å². The van der Waals surface area contributed by atoms with Crippen LogP contribution in [-0.4, -0.2) is 43.2 Å². The van der Waals surface area contributed by atoms with Gasteiger partial charge in [0.25, 0.3) is 0 Å². The molecule has 2 aromatic heterocycles. The van der Waals surface area contributed by atoms with E-state index in [0.29, 0.717) is 28.5 Å². The lowest BCUT2D eigenvalue weighted by Crippen LogP contribution is -2.03. The van der Waals surface area contributed by atoms with E-state index in [-0.39, 0.29) is 5.75 Å². The standard InChI is InChI=1S/C24H40N4O3S/c1-3-4-5-6-7-8-9-10-11-12-13-14-15-16-17-31-24-22-21(27-28(24)2)23(26-19-25-22)32-18-20(29)30/h19H,3-18H2,1-2H3,(H,29,30). The summed E-state index contributed by atoms with van der Waals surface area (Å²) in [6.45, 7) is 2.90. The largest absolute Gasteiger partial charge is 0.481 e. The summed E-state index contributed by atoms with van der Waals surface area (Å²) in [5, 5.41) is 13.9. The zero-order valence-electron chi connectivity index (χ0n) is 19.9. The zero-order valence-corrected chi connectivity index (χ0v) is 20.7. The van der Waals surface area contributed by atoms with E-state index in [1.807, 2.05) is 7.05 Å². The lowest BCUT2D eigenvalue weighted by atomic mass is 10.0. The topological polar surface area (TPSA) is 90.1 Å². The van der Waals surface area contributed by atoms with Gasteiger partial charge in [-0.25, -0.2) is 14.6 Å². The van der Waals surface area contributed by atoms with Gasteiger partial charge >= 0.3 is 5.97 Å². The molecule has 0 saturated carbocycles. The Morgan fingerprint density at radius 1 is 0.906 bits per heavy atom. The van der Waals surface area contributed by atoms with E-state index >= 15 is 0 Å². The van der Waals surface area contributed by atoms with Crippen LogP contribution in [0.3, 0.4) is 0 Å². The van der Waals surface area contributed by atoms with Crippen LogP contribution in [0.25, 0.3) is 11.0 Å². The lowest BCUT2D eigenvalue weighted by Gasteiger charge is -2.06. The molecule has 0 fully saturated rings. The van der Waals surface area contributed by atoms with E-state index in [1.165, 1.54) is 89.8 Å². The molecule has 0 aromatic carbocycles.